The van der Waals surface area contributed by atoms with Crippen molar-refractivity contribution in [1.82, 2.24) is 4.31 Å². The van der Waals surface area contributed by atoms with Crippen LogP contribution in [0.25, 0.3) is 0 Å². The van der Waals surface area contributed by atoms with Gasteiger partial charge < -0.3 is 5.73 Å². The summed E-state index contributed by atoms with van der Waals surface area (Å²) in [6.45, 7) is 3.02. The lowest BCUT2D eigenvalue weighted by Gasteiger charge is -2.20. The topological polar surface area (TPSA) is 63.4 Å². The SMILES string of the molecule is CCN(Cc1cccs1)S(=O)(=O)c1cccc(CN)c1. The van der Waals surface area contributed by atoms with Gasteiger partial charge in [-0.15, -0.1) is 11.3 Å². The van der Waals surface area contributed by atoms with Crippen LogP contribution in [-0.2, 0) is 23.1 Å². The third-order valence-corrected chi connectivity index (χ3v) is 5.81. The number of benzene rings is 1. The van der Waals surface area contributed by atoms with E-state index in [1.807, 2.05) is 30.5 Å². The Labute approximate surface area is 123 Å². The average molecular weight is 310 g/mol. The van der Waals surface area contributed by atoms with Crippen LogP contribution < -0.4 is 5.73 Å². The predicted octanol–water partition coefficient (Wildman–Crippen LogP) is 2.42. The molecule has 108 valence electrons. The number of nitrogens with zero attached hydrogens (tertiary/aromatic N) is 1. The Morgan fingerprint density at radius 2 is 2.05 bits per heavy atom. The van der Waals surface area contributed by atoms with E-state index in [2.05, 4.69) is 0 Å². The standard InChI is InChI=1S/C14H18N2O2S2/c1-2-16(11-13-6-4-8-19-13)20(17,18)14-7-3-5-12(9-14)10-15/h3-9H,2,10-11,15H2,1H3. The van der Waals surface area contributed by atoms with Gasteiger partial charge in [-0.1, -0.05) is 25.1 Å². The van der Waals surface area contributed by atoms with Crippen LogP contribution in [0.4, 0.5) is 0 Å². The molecule has 2 aromatic rings. The van der Waals surface area contributed by atoms with Gasteiger partial charge in [0.15, 0.2) is 0 Å². The average Bonchev–Trinajstić information content (AvgIpc) is 2.97. The molecule has 0 radical (unpaired) electrons. The monoisotopic (exact) mass is 310 g/mol. The summed E-state index contributed by atoms with van der Waals surface area (Å²) in [5.74, 6) is 0. The number of rotatable bonds is 6. The molecule has 0 spiro atoms. The summed E-state index contributed by atoms with van der Waals surface area (Å²) in [6.07, 6.45) is 0. The van der Waals surface area contributed by atoms with E-state index in [1.54, 1.807) is 29.5 Å². The molecular weight excluding hydrogens is 292 g/mol. The third-order valence-electron chi connectivity index (χ3n) is 3.04. The number of thiophene rings is 1. The van der Waals surface area contributed by atoms with E-state index in [4.69, 9.17) is 5.73 Å². The Bertz CT molecular complexity index is 652. The minimum Gasteiger partial charge on any atom is -0.326 e. The largest absolute Gasteiger partial charge is 0.326 e. The highest BCUT2D eigenvalue weighted by Gasteiger charge is 2.23. The van der Waals surface area contributed by atoms with Crippen LogP contribution >= 0.6 is 11.3 Å². The highest BCUT2D eigenvalue weighted by atomic mass is 32.2. The van der Waals surface area contributed by atoms with Crippen molar-refractivity contribution in [1.29, 1.82) is 0 Å². The van der Waals surface area contributed by atoms with Crippen molar-refractivity contribution in [2.24, 2.45) is 5.73 Å². The molecule has 0 amide bonds. The van der Waals surface area contributed by atoms with Gasteiger partial charge in [0.2, 0.25) is 10.0 Å². The molecule has 0 fully saturated rings. The molecule has 0 saturated heterocycles. The molecule has 2 N–H and O–H groups in total. The number of nitrogens with two attached hydrogens (primary N) is 1. The first-order valence-electron chi connectivity index (χ1n) is 6.39. The first-order valence-corrected chi connectivity index (χ1v) is 8.71. The summed E-state index contributed by atoms with van der Waals surface area (Å²) in [4.78, 5) is 1.34. The minimum absolute atomic E-state index is 0.304. The lowest BCUT2D eigenvalue weighted by Crippen LogP contribution is -2.30. The third kappa shape index (κ3) is 3.27. The summed E-state index contributed by atoms with van der Waals surface area (Å²) < 4.78 is 26.8. The van der Waals surface area contributed by atoms with Crippen LogP contribution in [0.15, 0.2) is 46.7 Å². The molecule has 4 nitrogen and oxygen atoms in total. The first kappa shape index (κ1) is 15.2. The summed E-state index contributed by atoms with van der Waals surface area (Å²) >= 11 is 1.56. The molecule has 0 unspecified atom stereocenters. The van der Waals surface area contributed by atoms with Gasteiger partial charge in [-0.25, -0.2) is 8.42 Å². The van der Waals surface area contributed by atoms with E-state index < -0.39 is 10.0 Å². The summed E-state index contributed by atoms with van der Waals surface area (Å²) in [7, 11) is -3.48. The number of sulfonamides is 1. The Kier molecular flexibility index (Phi) is 4.93. The summed E-state index contributed by atoms with van der Waals surface area (Å²) in [6, 6.07) is 10.7. The minimum atomic E-state index is -3.48. The number of hydrogen-bond acceptors (Lipinski definition) is 4. The Hall–Kier alpha value is -1.21. The first-order chi connectivity index (χ1) is 9.57. The molecule has 0 saturated carbocycles. The fourth-order valence-corrected chi connectivity index (χ4v) is 4.22. The maximum atomic E-state index is 12.6. The highest BCUT2D eigenvalue weighted by Crippen LogP contribution is 2.21. The molecule has 0 atom stereocenters. The highest BCUT2D eigenvalue weighted by molar-refractivity contribution is 7.89. The van der Waals surface area contributed by atoms with E-state index in [9.17, 15) is 8.42 Å². The van der Waals surface area contributed by atoms with Crippen LogP contribution in [0.2, 0.25) is 0 Å². The zero-order chi connectivity index (χ0) is 14.6. The van der Waals surface area contributed by atoms with Crippen molar-refractivity contribution < 1.29 is 8.42 Å². The van der Waals surface area contributed by atoms with Gasteiger partial charge >= 0.3 is 0 Å². The maximum Gasteiger partial charge on any atom is 0.243 e. The van der Waals surface area contributed by atoms with E-state index in [-0.39, 0.29) is 0 Å². The van der Waals surface area contributed by atoms with Gasteiger partial charge in [-0.2, -0.15) is 4.31 Å². The second kappa shape index (κ2) is 6.49. The molecule has 6 heteroatoms. The van der Waals surface area contributed by atoms with Gasteiger partial charge in [-0.05, 0) is 29.1 Å². The van der Waals surface area contributed by atoms with Gasteiger partial charge in [0.1, 0.15) is 0 Å². The molecule has 0 aliphatic heterocycles. The fourth-order valence-electron chi connectivity index (χ4n) is 1.93. The molecule has 0 bridgehead atoms. The normalized spacial score (nSPS) is 11.9. The molecule has 0 aliphatic carbocycles. The zero-order valence-corrected chi connectivity index (χ0v) is 13.0. The van der Waals surface area contributed by atoms with Crippen LogP contribution in [0.1, 0.15) is 17.4 Å². The van der Waals surface area contributed by atoms with Crippen molar-refractivity contribution >= 4 is 21.4 Å². The Morgan fingerprint density at radius 1 is 1.25 bits per heavy atom. The van der Waals surface area contributed by atoms with Crippen molar-refractivity contribution in [3.8, 4) is 0 Å². The van der Waals surface area contributed by atoms with Gasteiger partial charge in [-0.3, -0.25) is 0 Å². The van der Waals surface area contributed by atoms with E-state index >= 15 is 0 Å². The van der Waals surface area contributed by atoms with Crippen LogP contribution in [0, 0.1) is 0 Å². The van der Waals surface area contributed by atoms with Crippen molar-refractivity contribution in [2.45, 2.75) is 24.9 Å². The lowest BCUT2D eigenvalue weighted by atomic mass is 10.2. The number of hydrogen-bond donors (Lipinski definition) is 1. The molecule has 20 heavy (non-hydrogen) atoms. The lowest BCUT2D eigenvalue weighted by molar-refractivity contribution is 0.426. The quantitative estimate of drug-likeness (QED) is 0.891. The molecule has 1 aromatic carbocycles. The molecule has 0 aliphatic rings. The molecular formula is C14H18N2O2S2. The summed E-state index contributed by atoms with van der Waals surface area (Å²) in [5.41, 5.74) is 6.39. The molecule has 1 aromatic heterocycles. The Morgan fingerprint density at radius 3 is 2.65 bits per heavy atom. The van der Waals surface area contributed by atoms with Crippen molar-refractivity contribution in [3.63, 3.8) is 0 Å². The van der Waals surface area contributed by atoms with Gasteiger partial charge in [0.25, 0.3) is 0 Å². The molecule has 2 rings (SSSR count). The second-order valence-electron chi connectivity index (χ2n) is 4.36. The van der Waals surface area contributed by atoms with E-state index in [0.29, 0.717) is 24.5 Å². The predicted molar refractivity (Wildman–Crippen MR) is 81.9 cm³/mol. The fraction of sp³-hybridized carbons (Fsp3) is 0.286. The van der Waals surface area contributed by atoms with Gasteiger partial charge in [0, 0.05) is 24.5 Å². The smallest absolute Gasteiger partial charge is 0.243 e. The van der Waals surface area contributed by atoms with Crippen LogP contribution in [-0.4, -0.2) is 19.3 Å². The van der Waals surface area contributed by atoms with Crippen LogP contribution in [0.3, 0.4) is 0 Å². The van der Waals surface area contributed by atoms with E-state index in [0.717, 1.165) is 10.4 Å². The summed E-state index contributed by atoms with van der Waals surface area (Å²) in [5, 5.41) is 1.95. The Balaban J connectivity index is 2.31. The van der Waals surface area contributed by atoms with Crippen molar-refractivity contribution in [2.75, 3.05) is 6.54 Å². The second-order valence-corrected chi connectivity index (χ2v) is 7.33. The van der Waals surface area contributed by atoms with Crippen LogP contribution in [0.5, 0.6) is 0 Å². The van der Waals surface area contributed by atoms with Gasteiger partial charge in [0.05, 0.1) is 4.90 Å². The van der Waals surface area contributed by atoms with E-state index in [1.165, 1.54) is 4.31 Å². The zero-order valence-electron chi connectivity index (χ0n) is 11.3. The maximum absolute atomic E-state index is 12.6. The molecule has 1 heterocycles. The van der Waals surface area contributed by atoms with Crippen molar-refractivity contribution in [3.05, 3.63) is 52.2 Å².